The Labute approximate surface area is 129 Å². The molecule has 0 unspecified atom stereocenters. The van der Waals surface area contributed by atoms with Crippen LogP contribution < -0.4 is 0 Å². The summed E-state index contributed by atoms with van der Waals surface area (Å²) in [6, 6.07) is 8.70. The molecule has 118 valence electrons. The van der Waals surface area contributed by atoms with E-state index in [-0.39, 0.29) is 12.1 Å². The van der Waals surface area contributed by atoms with Crippen molar-refractivity contribution in [2.75, 3.05) is 0 Å². The number of alkyl halides is 3. The van der Waals surface area contributed by atoms with Gasteiger partial charge in [-0.3, -0.25) is 9.78 Å². The number of carbonyl (C=O) groups excluding carboxylic acids is 1. The highest BCUT2D eigenvalue weighted by molar-refractivity contribution is 5.89. The van der Waals surface area contributed by atoms with E-state index in [9.17, 15) is 22.4 Å². The zero-order chi connectivity index (χ0) is 17.0. The number of benzene rings is 1. The Hall–Kier alpha value is -2.75. The molecular weight excluding hydrogens is 312 g/mol. The number of hydrogen-bond acceptors (Lipinski definition) is 3. The summed E-state index contributed by atoms with van der Waals surface area (Å²) in [4.78, 5) is 15.7. The first kappa shape index (κ1) is 16.6. The molecule has 0 fully saturated rings. The molecule has 0 radical (unpaired) electrons. The maximum atomic E-state index is 12.8. The largest absolute Gasteiger partial charge is 0.417 e. The van der Waals surface area contributed by atoms with Gasteiger partial charge in [0.15, 0.2) is 5.78 Å². The van der Waals surface area contributed by atoms with Gasteiger partial charge in [-0.1, -0.05) is 12.1 Å². The molecule has 0 saturated carbocycles. The van der Waals surface area contributed by atoms with Crippen LogP contribution in [0, 0.1) is 17.1 Å². The summed E-state index contributed by atoms with van der Waals surface area (Å²) in [5.74, 6) is -2.25. The molecule has 0 aliphatic heterocycles. The predicted octanol–water partition coefficient (Wildman–Crippen LogP) is 3.66. The van der Waals surface area contributed by atoms with Crippen molar-refractivity contribution < 1.29 is 22.4 Å². The smallest absolute Gasteiger partial charge is 0.297 e. The van der Waals surface area contributed by atoms with Gasteiger partial charge in [0.2, 0.25) is 0 Å². The number of Topliss-reactive ketones (excluding diaryl/α,β-unsaturated/α-hetero) is 1. The van der Waals surface area contributed by atoms with Crippen molar-refractivity contribution in [1.82, 2.24) is 4.98 Å². The van der Waals surface area contributed by atoms with Crippen LogP contribution in [0.25, 0.3) is 0 Å². The standard InChI is InChI=1S/C16H10F4N2O/c17-12-4-1-10(2-5-12)7-15(23)13(8-21)14-6-3-11(9-22-14)16(18,19)20/h1-6,9,13H,7H2/t13-/m1/s1. The molecule has 2 rings (SSSR count). The van der Waals surface area contributed by atoms with Crippen molar-refractivity contribution in [2.45, 2.75) is 18.5 Å². The predicted molar refractivity (Wildman–Crippen MR) is 72.7 cm³/mol. The summed E-state index contributed by atoms with van der Waals surface area (Å²) in [6.07, 6.45) is -4.09. The maximum absolute atomic E-state index is 12.8. The van der Waals surface area contributed by atoms with Crippen molar-refractivity contribution in [3.05, 3.63) is 65.2 Å². The van der Waals surface area contributed by atoms with Crippen molar-refractivity contribution in [1.29, 1.82) is 5.26 Å². The lowest BCUT2D eigenvalue weighted by Gasteiger charge is -2.10. The molecule has 0 N–H and O–H groups in total. The van der Waals surface area contributed by atoms with Crippen LogP contribution in [0.1, 0.15) is 22.7 Å². The quantitative estimate of drug-likeness (QED) is 0.807. The first-order chi connectivity index (χ1) is 10.8. The fourth-order valence-corrected chi connectivity index (χ4v) is 1.95. The summed E-state index contributed by atoms with van der Waals surface area (Å²) in [6.45, 7) is 0. The van der Waals surface area contributed by atoms with Crippen LogP contribution in [0.4, 0.5) is 17.6 Å². The van der Waals surface area contributed by atoms with Gasteiger partial charge in [-0.05, 0) is 29.8 Å². The van der Waals surface area contributed by atoms with E-state index in [0.29, 0.717) is 11.8 Å². The Morgan fingerprint density at radius 3 is 2.30 bits per heavy atom. The molecule has 1 aromatic carbocycles. The van der Waals surface area contributed by atoms with Crippen molar-refractivity contribution in [3.8, 4) is 6.07 Å². The average molecular weight is 322 g/mol. The molecule has 0 amide bonds. The first-order valence-electron chi connectivity index (χ1n) is 6.51. The van der Waals surface area contributed by atoms with E-state index in [0.717, 1.165) is 12.1 Å². The zero-order valence-corrected chi connectivity index (χ0v) is 11.6. The molecule has 0 bridgehead atoms. The second kappa shape index (κ2) is 6.57. The van der Waals surface area contributed by atoms with Gasteiger partial charge in [0.05, 0.1) is 17.3 Å². The number of nitriles is 1. The molecule has 0 spiro atoms. The van der Waals surface area contributed by atoms with Gasteiger partial charge in [0.25, 0.3) is 0 Å². The van der Waals surface area contributed by atoms with Gasteiger partial charge in [-0.15, -0.1) is 0 Å². The molecule has 1 aromatic heterocycles. The van der Waals surface area contributed by atoms with Crippen LogP contribution in [0.2, 0.25) is 0 Å². The van der Waals surface area contributed by atoms with E-state index in [2.05, 4.69) is 4.98 Å². The second-order valence-corrected chi connectivity index (χ2v) is 4.80. The topological polar surface area (TPSA) is 53.8 Å². The number of rotatable bonds is 4. The molecule has 7 heteroatoms. The highest BCUT2D eigenvalue weighted by Crippen LogP contribution is 2.29. The van der Waals surface area contributed by atoms with Crippen LogP contribution in [0.15, 0.2) is 42.6 Å². The number of aromatic nitrogens is 1. The number of halogens is 4. The number of pyridine rings is 1. The molecule has 3 nitrogen and oxygen atoms in total. The molecular formula is C16H10F4N2O. The highest BCUT2D eigenvalue weighted by Gasteiger charge is 2.31. The third-order valence-electron chi connectivity index (χ3n) is 3.15. The lowest BCUT2D eigenvalue weighted by atomic mass is 9.95. The minimum atomic E-state index is -4.54. The maximum Gasteiger partial charge on any atom is 0.417 e. The van der Waals surface area contributed by atoms with Crippen LogP contribution in [0.5, 0.6) is 0 Å². The van der Waals surface area contributed by atoms with E-state index in [1.807, 2.05) is 0 Å². The fourth-order valence-electron chi connectivity index (χ4n) is 1.95. The molecule has 1 atom stereocenters. The molecule has 0 saturated heterocycles. The van der Waals surface area contributed by atoms with Crippen molar-refractivity contribution >= 4 is 5.78 Å². The van der Waals surface area contributed by atoms with E-state index >= 15 is 0 Å². The Bertz CT molecular complexity index is 731. The Kier molecular flexibility index (Phi) is 4.74. The van der Waals surface area contributed by atoms with Crippen LogP contribution in [0.3, 0.4) is 0 Å². The third kappa shape index (κ3) is 4.13. The van der Waals surface area contributed by atoms with Gasteiger partial charge < -0.3 is 0 Å². The Morgan fingerprint density at radius 1 is 1.17 bits per heavy atom. The van der Waals surface area contributed by atoms with E-state index < -0.39 is 29.3 Å². The summed E-state index contributed by atoms with van der Waals surface area (Å²) >= 11 is 0. The molecule has 2 aromatic rings. The molecule has 0 aliphatic carbocycles. The van der Waals surface area contributed by atoms with Gasteiger partial charge in [-0.25, -0.2) is 4.39 Å². The van der Waals surface area contributed by atoms with Crippen molar-refractivity contribution in [3.63, 3.8) is 0 Å². The number of ketones is 1. The summed E-state index contributed by atoms with van der Waals surface area (Å²) < 4.78 is 50.2. The van der Waals surface area contributed by atoms with Crippen molar-refractivity contribution in [2.24, 2.45) is 0 Å². The zero-order valence-electron chi connectivity index (χ0n) is 11.6. The lowest BCUT2D eigenvalue weighted by Crippen LogP contribution is -2.15. The van der Waals surface area contributed by atoms with Gasteiger partial charge in [-0.2, -0.15) is 18.4 Å². The Morgan fingerprint density at radius 2 is 1.83 bits per heavy atom. The van der Waals surface area contributed by atoms with E-state index in [1.165, 1.54) is 24.3 Å². The Balaban J connectivity index is 2.17. The van der Waals surface area contributed by atoms with Crippen LogP contribution in [-0.2, 0) is 17.4 Å². The minimum absolute atomic E-state index is 0.0485. The SMILES string of the molecule is N#C[C@@H](C(=O)Cc1ccc(F)cc1)c1ccc(C(F)(F)F)cn1. The van der Waals surface area contributed by atoms with Gasteiger partial charge in [0, 0.05) is 12.6 Å². The second-order valence-electron chi connectivity index (χ2n) is 4.80. The summed E-state index contributed by atoms with van der Waals surface area (Å²) in [5, 5.41) is 9.11. The number of hydrogen-bond donors (Lipinski definition) is 0. The van der Waals surface area contributed by atoms with Crippen LogP contribution >= 0.6 is 0 Å². The molecule has 0 aliphatic rings. The normalized spacial score (nSPS) is 12.5. The number of carbonyl (C=O) groups is 1. The monoisotopic (exact) mass is 322 g/mol. The molecule has 23 heavy (non-hydrogen) atoms. The van der Waals surface area contributed by atoms with E-state index in [4.69, 9.17) is 5.26 Å². The molecule has 1 heterocycles. The number of nitrogens with zero attached hydrogens (tertiary/aromatic N) is 2. The fraction of sp³-hybridized carbons (Fsp3) is 0.188. The van der Waals surface area contributed by atoms with Crippen LogP contribution in [-0.4, -0.2) is 10.8 Å². The average Bonchev–Trinajstić information content (AvgIpc) is 2.50. The van der Waals surface area contributed by atoms with Gasteiger partial charge >= 0.3 is 6.18 Å². The summed E-state index contributed by atoms with van der Waals surface area (Å²) in [5.41, 5.74) is -0.500. The minimum Gasteiger partial charge on any atom is -0.297 e. The van der Waals surface area contributed by atoms with E-state index in [1.54, 1.807) is 6.07 Å². The highest BCUT2D eigenvalue weighted by atomic mass is 19.4. The summed E-state index contributed by atoms with van der Waals surface area (Å²) in [7, 11) is 0. The third-order valence-corrected chi connectivity index (χ3v) is 3.15. The first-order valence-corrected chi connectivity index (χ1v) is 6.51. The lowest BCUT2D eigenvalue weighted by molar-refractivity contribution is -0.137. The van der Waals surface area contributed by atoms with Gasteiger partial charge in [0.1, 0.15) is 11.7 Å².